The Morgan fingerprint density at radius 1 is 0.963 bits per heavy atom. The van der Waals surface area contributed by atoms with Crippen molar-refractivity contribution in [2.45, 2.75) is 6.18 Å². The number of nitrogens with zero attached hydrogens (tertiary/aromatic N) is 3. The van der Waals surface area contributed by atoms with Gasteiger partial charge in [0.1, 0.15) is 0 Å². The standard InChI is InChI=1S/C19H15F3N4O/c1-26(16-5-3-2-4-6-16)18-23-11-13(12-24-18)17(27)25-15-9-7-14(8-10-15)19(20,21)22/h2-12H,1H3,(H,25,27). The number of hydrogen-bond donors (Lipinski definition) is 1. The summed E-state index contributed by atoms with van der Waals surface area (Å²) in [4.78, 5) is 22.3. The Balaban J connectivity index is 1.69. The molecule has 0 unspecified atom stereocenters. The molecule has 0 atom stereocenters. The third-order valence-electron chi connectivity index (χ3n) is 3.81. The summed E-state index contributed by atoms with van der Waals surface area (Å²) < 4.78 is 37.7. The Kier molecular flexibility index (Phi) is 5.07. The van der Waals surface area contributed by atoms with Crippen LogP contribution >= 0.6 is 0 Å². The first-order valence-corrected chi connectivity index (χ1v) is 7.94. The van der Waals surface area contributed by atoms with Gasteiger partial charge in [-0.15, -0.1) is 0 Å². The molecule has 0 fully saturated rings. The minimum Gasteiger partial charge on any atom is -0.322 e. The van der Waals surface area contributed by atoms with Gasteiger partial charge in [0.2, 0.25) is 5.95 Å². The lowest BCUT2D eigenvalue weighted by Gasteiger charge is -2.16. The first-order chi connectivity index (χ1) is 12.8. The van der Waals surface area contributed by atoms with Gasteiger partial charge in [0.05, 0.1) is 11.1 Å². The van der Waals surface area contributed by atoms with Crippen LogP contribution in [0.4, 0.5) is 30.5 Å². The minimum absolute atomic E-state index is 0.195. The zero-order chi connectivity index (χ0) is 19.4. The number of halogens is 3. The molecule has 0 aliphatic heterocycles. The molecule has 3 rings (SSSR count). The SMILES string of the molecule is CN(c1ccccc1)c1ncc(C(=O)Nc2ccc(C(F)(F)F)cc2)cn1. The van der Waals surface area contributed by atoms with E-state index in [1.807, 2.05) is 30.3 Å². The number of hydrogen-bond acceptors (Lipinski definition) is 4. The molecule has 27 heavy (non-hydrogen) atoms. The van der Waals surface area contributed by atoms with Crippen molar-refractivity contribution in [2.75, 3.05) is 17.3 Å². The van der Waals surface area contributed by atoms with Crippen LogP contribution in [0.1, 0.15) is 15.9 Å². The van der Waals surface area contributed by atoms with E-state index in [2.05, 4.69) is 15.3 Å². The van der Waals surface area contributed by atoms with E-state index in [9.17, 15) is 18.0 Å². The monoisotopic (exact) mass is 372 g/mol. The molecule has 0 bridgehead atoms. The van der Waals surface area contributed by atoms with Crippen LogP contribution in [-0.2, 0) is 6.18 Å². The van der Waals surface area contributed by atoms with E-state index in [4.69, 9.17) is 0 Å². The van der Waals surface area contributed by atoms with Crippen LogP contribution in [0.2, 0.25) is 0 Å². The largest absolute Gasteiger partial charge is 0.416 e. The fourth-order valence-corrected chi connectivity index (χ4v) is 2.32. The quantitative estimate of drug-likeness (QED) is 0.732. The number of rotatable bonds is 4. The van der Waals surface area contributed by atoms with E-state index in [1.165, 1.54) is 24.5 Å². The number of amides is 1. The second-order valence-corrected chi connectivity index (χ2v) is 5.70. The first kappa shape index (κ1) is 18.4. The van der Waals surface area contributed by atoms with Gasteiger partial charge < -0.3 is 10.2 Å². The van der Waals surface area contributed by atoms with Crippen LogP contribution in [-0.4, -0.2) is 22.9 Å². The van der Waals surface area contributed by atoms with Crippen molar-refractivity contribution in [1.82, 2.24) is 9.97 Å². The Hall–Kier alpha value is -3.42. The number of nitrogens with one attached hydrogen (secondary N) is 1. The summed E-state index contributed by atoms with van der Waals surface area (Å²) in [6.45, 7) is 0. The van der Waals surface area contributed by atoms with Gasteiger partial charge in [-0.2, -0.15) is 13.2 Å². The van der Waals surface area contributed by atoms with E-state index in [0.29, 0.717) is 5.95 Å². The second kappa shape index (κ2) is 7.45. The summed E-state index contributed by atoms with van der Waals surface area (Å²) in [6.07, 6.45) is -1.70. The fourth-order valence-electron chi connectivity index (χ4n) is 2.32. The van der Waals surface area contributed by atoms with Gasteiger partial charge >= 0.3 is 6.18 Å². The predicted molar refractivity (Wildman–Crippen MR) is 95.9 cm³/mol. The molecule has 2 aromatic carbocycles. The molecule has 0 saturated heterocycles. The summed E-state index contributed by atoms with van der Waals surface area (Å²) in [5.41, 5.74) is 0.551. The van der Waals surface area contributed by atoms with Crippen LogP contribution in [0.15, 0.2) is 67.0 Å². The van der Waals surface area contributed by atoms with Crippen molar-refractivity contribution in [3.8, 4) is 0 Å². The van der Waals surface area contributed by atoms with E-state index in [-0.39, 0.29) is 11.3 Å². The topological polar surface area (TPSA) is 58.1 Å². The van der Waals surface area contributed by atoms with Crippen molar-refractivity contribution in [1.29, 1.82) is 0 Å². The lowest BCUT2D eigenvalue weighted by Crippen LogP contribution is -2.16. The van der Waals surface area contributed by atoms with Crippen molar-refractivity contribution in [3.63, 3.8) is 0 Å². The van der Waals surface area contributed by atoms with Gasteiger partial charge in [0.15, 0.2) is 0 Å². The zero-order valence-corrected chi connectivity index (χ0v) is 14.2. The summed E-state index contributed by atoms with van der Waals surface area (Å²) in [5.74, 6) is -0.101. The number of carbonyl (C=O) groups is 1. The van der Waals surface area contributed by atoms with Gasteiger partial charge in [-0.25, -0.2) is 9.97 Å². The van der Waals surface area contributed by atoms with Gasteiger partial charge in [0.25, 0.3) is 5.91 Å². The molecule has 1 heterocycles. The molecule has 1 aromatic heterocycles. The highest BCUT2D eigenvalue weighted by molar-refractivity contribution is 6.03. The minimum atomic E-state index is -4.42. The van der Waals surface area contributed by atoms with E-state index < -0.39 is 17.6 Å². The normalized spacial score (nSPS) is 11.1. The maximum atomic E-state index is 12.6. The highest BCUT2D eigenvalue weighted by atomic mass is 19.4. The number of alkyl halides is 3. The number of benzene rings is 2. The molecule has 0 aliphatic rings. The average Bonchev–Trinajstić information content (AvgIpc) is 2.68. The predicted octanol–water partition coefficient (Wildman–Crippen LogP) is 4.52. The van der Waals surface area contributed by atoms with Crippen LogP contribution < -0.4 is 10.2 Å². The van der Waals surface area contributed by atoms with Crippen molar-refractivity contribution in [2.24, 2.45) is 0 Å². The molecule has 5 nitrogen and oxygen atoms in total. The zero-order valence-electron chi connectivity index (χ0n) is 14.2. The lowest BCUT2D eigenvalue weighted by atomic mass is 10.2. The highest BCUT2D eigenvalue weighted by Gasteiger charge is 2.30. The molecule has 1 amide bonds. The molecule has 0 radical (unpaired) electrons. The van der Waals surface area contributed by atoms with Crippen molar-refractivity contribution in [3.05, 3.63) is 78.1 Å². The fraction of sp³-hybridized carbons (Fsp3) is 0.105. The molecule has 0 spiro atoms. The summed E-state index contributed by atoms with van der Waals surface area (Å²) in [6, 6.07) is 13.7. The van der Waals surface area contributed by atoms with E-state index >= 15 is 0 Å². The molecular formula is C19H15F3N4O. The molecule has 0 aliphatic carbocycles. The molecule has 8 heteroatoms. The number of carbonyl (C=O) groups excluding carboxylic acids is 1. The average molecular weight is 372 g/mol. The van der Waals surface area contributed by atoms with E-state index in [1.54, 1.807) is 11.9 Å². The van der Waals surface area contributed by atoms with Crippen LogP contribution in [0.3, 0.4) is 0 Å². The van der Waals surface area contributed by atoms with Gasteiger partial charge in [-0.05, 0) is 36.4 Å². The molecule has 1 N–H and O–H groups in total. The lowest BCUT2D eigenvalue weighted by molar-refractivity contribution is -0.137. The summed E-state index contributed by atoms with van der Waals surface area (Å²) in [5, 5.41) is 2.52. The highest BCUT2D eigenvalue weighted by Crippen LogP contribution is 2.29. The van der Waals surface area contributed by atoms with Crippen LogP contribution in [0.25, 0.3) is 0 Å². The number of anilines is 3. The van der Waals surface area contributed by atoms with Gasteiger partial charge in [-0.3, -0.25) is 4.79 Å². The third kappa shape index (κ3) is 4.41. The Labute approximate surface area is 153 Å². The molecule has 3 aromatic rings. The molecule has 138 valence electrons. The summed E-state index contributed by atoms with van der Waals surface area (Å²) in [7, 11) is 1.80. The summed E-state index contributed by atoms with van der Waals surface area (Å²) >= 11 is 0. The van der Waals surface area contributed by atoms with Crippen LogP contribution in [0, 0.1) is 0 Å². The smallest absolute Gasteiger partial charge is 0.322 e. The second-order valence-electron chi connectivity index (χ2n) is 5.70. The number of aromatic nitrogens is 2. The van der Waals surface area contributed by atoms with E-state index in [0.717, 1.165) is 17.8 Å². The van der Waals surface area contributed by atoms with Crippen LogP contribution in [0.5, 0.6) is 0 Å². The number of para-hydroxylation sites is 1. The van der Waals surface area contributed by atoms with Gasteiger partial charge in [0, 0.05) is 30.8 Å². The third-order valence-corrected chi connectivity index (χ3v) is 3.81. The van der Waals surface area contributed by atoms with Crippen molar-refractivity contribution >= 4 is 23.2 Å². The maximum Gasteiger partial charge on any atom is 0.416 e. The Morgan fingerprint density at radius 2 is 1.56 bits per heavy atom. The Morgan fingerprint density at radius 3 is 2.11 bits per heavy atom. The van der Waals surface area contributed by atoms with Gasteiger partial charge in [-0.1, -0.05) is 18.2 Å². The maximum absolute atomic E-state index is 12.6. The molecule has 0 saturated carbocycles. The Bertz CT molecular complexity index is 910. The van der Waals surface area contributed by atoms with Crippen molar-refractivity contribution < 1.29 is 18.0 Å². The molecular weight excluding hydrogens is 357 g/mol. The first-order valence-electron chi connectivity index (χ1n) is 7.94.